The summed E-state index contributed by atoms with van der Waals surface area (Å²) in [4.78, 5) is 47.0. The number of methoxy groups -OCH3 is 1. The summed E-state index contributed by atoms with van der Waals surface area (Å²) in [5.41, 5.74) is -0.993. The van der Waals surface area contributed by atoms with Crippen molar-refractivity contribution in [1.82, 2.24) is 29.0 Å². The minimum atomic E-state index is -1.38. The van der Waals surface area contributed by atoms with Gasteiger partial charge in [0.15, 0.2) is 0 Å². The highest BCUT2D eigenvalue weighted by Crippen LogP contribution is 2.35. The van der Waals surface area contributed by atoms with Gasteiger partial charge in [-0.25, -0.2) is 9.36 Å². The van der Waals surface area contributed by atoms with Gasteiger partial charge in [-0.05, 0) is 52.0 Å². The lowest BCUT2D eigenvalue weighted by atomic mass is 9.96. The molecule has 0 saturated carbocycles. The largest absolute Gasteiger partial charge is 0.496 e. The number of nitrogens with zero attached hydrogens (tertiary/aromatic N) is 6. The summed E-state index contributed by atoms with van der Waals surface area (Å²) in [5, 5.41) is 9.61. The van der Waals surface area contributed by atoms with E-state index in [2.05, 4.69) is 10.2 Å². The molecule has 12 nitrogen and oxygen atoms in total. The SMILES string of the molecule is CCC(C)(C(=O)N1CCCC1)n1c(=O)c2c(C)c(-n3nccn3)sc2n(C[C@H](OC2CCOCC2)c2ccccc2OC)c1=O. The zero-order valence-electron chi connectivity index (χ0n) is 26.2. The van der Waals surface area contributed by atoms with Crippen LogP contribution < -0.4 is 16.0 Å². The van der Waals surface area contributed by atoms with E-state index >= 15 is 0 Å². The van der Waals surface area contributed by atoms with E-state index in [-0.39, 0.29) is 25.0 Å². The van der Waals surface area contributed by atoms with Gasteiger partial charge in [-0.1, -0.05) is 36.5 Å². The molecule has 13 heteroatoms. The van der Waals surface area contributed by atoms with Crippen molar-refractivity contribution >= 4 is 27.5 Å². The Morgan fingerprint density at radius 3 is 2.49 bits per heavy atom. The summed E-state index contributed by atoms with van der Waals surface area (Å²) in [7, 11) is 1.61. The minimum absolute atomic E-state index is 0.0858. The van der Waals surface area contributed by atoms with Crippen LogP contribution in [0.15, 0.2) is 46.2 Å². The third-order valence-corrected chi connectivity index (χ3v) is 10.5. The number of carbonyl (C=O) groups is 1. The Labute approximate surface area is 265 Å². The Morgan fingerprint density at radius 2 is 1.82 bits per heavy atom. The topological polar surface area (TPSA) is 123 Å². The van der Waals surface area contributed by atoms with E-state index in [9.17, 15) is 14.4 Å². The first kappa shape index (κ1) is 31.2. The lowest BCUT2D eigenvalue weighted by Crippen LogP contribution is -2.57. The summed E-state index contributed by atoms with van der Waals surface area (Å²) in [6, 6.07) is 7.61. The maximum atomic E-state index is 14.8. The van der Waals surface area contributed by atoms with Gasteiger partial charge in [-0.2, -0.15) is 10.2 Å². The lowest BCUT2D eigenvalue weighted by Gasteiger charge is -2.34. The fourth-order valence-electron chi connectivity index (χ4n) is 6.47. The molecule has 2 fully saturated rings. The van der Waals surface area contributed by atoms with Gasteiger partial charge in [0.05, 0.1) is 37.5 Å². The van der Waals surface area contributed by atoms with Crippen molar-refractivity contribution in [3.05, 3.63) is 68.6 Å². The monoisotopic (exact) mass is 636 g/mol. The summed E-state index contributed by atoms with van der Waals surface area (Å²) in [6.45, 7) is 7.89. The fraction of sp³-hybridized carbons (Fsp3) is 0.531. The molecule has 2 aliphatic heterocycles. The number of hydrogen-bond acceptors (Lipinski definition) is 9. The number of amides is 1. The molecule has 2 aliphatic rings. The molecule has 2 saturated heterocycles. The van der Waals surface area contributed by atoms with Gasteiger partial charge in [-0.15, -0.1) is 4.80 Å². The van der Waals surface area contributed by atoms with Crippen LogP contribution in [0.1, 0.15) is 63.2 Å². The number of para-hydroxylation sites is 1. The first-order chi connectivity index (χ1) is 21.8. The van der Waals surface area contributed by atoms with Crippen molar-refractivity contribution in [2.75, 3.05) is 33.4 Å². The summed E-state index contributed by atoms with van der Waals surface area (Å²) >= 11 is 1.28. The van der Waals surface area contributed by atoms with Crippen LogP contribution in [0.2, 0.25) is 0 Å². The van der Waals surface area contributed by atoms with Gasteiger partial charge >= 0.3 is 5.69 Å². The Hall–Kier alpha value is -3.81. The van der Waals surface area contributed by atoms with Crippen molar-refractivity contribution in [2.24, 2.45) is 0 Å². The first-order valence-electron chi connectivity index (χ1n) is 15.6. The van der Waals surface area contributed by atoms with Crippen LogP contribution >= 0.6 is 11.3 Å². The number of carbonyl (C=O) groups excluding carboxylic acids is 1. The predicted octanol–water partition coefficient (Wildman–Crippen LogP) is 3.81. The van der Waals surface area contributed by atoms with Gasteiger partial charge < -0.3 is 19.1 Å². The maximum Gasteiger partial charge on any atom is 0.333 e. The fourth-order valence-corrected chi connectivity index (χ4v) is 7.68. The predicted molar refractivity (Wildman–Crippen MR) is 170 cm³/mol. The van der Waals surface area contributed by atoms with Crippen molar-refractivity contribution in [3.63, 3.8) is 0 Å². The number of benzene rings is 1. The second kappa shape index (κ2) is 12.9. The highest BCUT2D eigenvalue weighted by atomic mass is 32.1. The molecule has 1 aromatic carbocycles. The van der Waals surface area contributed by atoms with Crippen LogP contribution in [0.5, 0.6) is 5.75 Å². The molecule has 6 rings (SSSR count). The third-order valence-electron chi connectivity index (χ3n) is 9.18. The molecule has 0 spiro atoms. The molecule has 5 heterocycles. The summed E-state index contributed by atoms with van der Waals surface area (Å²) < 4.78 is 20.8. The van der Waals surface area contributed by atoms with Crippen molar-refractivity contribution in [1.29, 1.82) is 0 Å². The van der Waals surface area contributed by atoms with E-state index in [1.165, 1.54) is 20.7 Å². The minimum Gasteiger partial charge on any atom is -0.496 e. The Kier molecular flexibility index (Phi) is 8.94. The molecule has 2 atom stereocenters. The zero-order chi connectivity index (χ0) is 31.7. The third kappa shape index (κ3) is 5.61. The molecule has 0 aliphatic carbocycles. The molecule has 0 radical (unpaired) electrons. The Bertz CT molecular complexity index is 1780. The van der Waals surface area contributed by atoms with Gasteiger partial charge in [-0.3, -0.25) is 14.2 Å². The van der Waals surface area contributed by atoms with Crippen molar-refractivity contribution < 1.29 is 19.0 Å². The van der Waals surface area contributed by atoms with E-state index in [0.29, 0.717) is 52.8 Å². The summed E-state index contributed by atoms with van der Waals surface area (Å²) in [5.74, 6) is 0.424. The van der Waals surface area contributed by atoms with E-state index in [1.807, 2.05) is 38.1 Å². The lowest BCUT2D eigenvalue weighted by molar-refractivity contribution is -0.139. The van der Waals surface area contributed by atoms with Gasteiger partial charge in [0.25, 0.3) is 5.56 Å². The average Bonchev–Trinajstić information content (AvgIpc) is 3.85. The molecule has 1 unspecified atom stereocenters. The number of rotatable bonds is 10. The van der Waals surface area contributed by atoms with Gasteiger partial charge in [0, 0.05) is 37.4 Å². The van der Waals surface area contributed by atoms with Crippen LogP contribution in [-0.4, -0.2) is 74.5 Å². The van der Waals surface area contributed by atoms with Crippen molar-refractivity contribution in [3.8, 4) is 10.8 Å². The number of aryl methyl sites for hydroxylation is 1. The Balaban J connectivity index is 1.58. The van der Waals surface area contributed by atoms with Crippen molar-refractivity contribution in [2.45, 2.75) is 77.2 Å². The zero-order valence-corrected chi connectivity index (χ0v) is 27.0. The molecular weight excluding hydrogens is 596 g/mol. The second-order valence-corrected chi connectivity index (χ2v) is 12.8. The van der Waals surface area contributed by atoms with Crippen LogP contribution in [0.3, 0.4) is 0 Å². The van der Waals surface area contributed by atoms with Gasteiger partial charge in [0.1, 0.15) is 27.2 Å². The van der Waals surface area contributed by atoms with E-state index in [1.54, 1.807) is 35.9 Å². The molecule has 45 heavy (non-hydrogen) atoms. The number of thiophene rings is 1. The Morgan fingerprint density at radius 1 is 1.13 bits per heavy atom. The highest BCUT2D eigenvalue weighted by Gasteiger charge is 2.42. The molecular formula is C32H40N6O6S. The maximum absolute atomic E-state index is 14.8. The van der Waals surface area contributed by atoms with Crippen LogP contribution in [0, 0.1) is 6.92 Å². The first-order valence-corrected chi connectivity index (χ1v) is 16.4. The molecule has 240 valence electrons. The molecule has 4 aromatic rings. The van der Waals surface area contributed by atoms with Gasteiger partial charge in [0.2, 0.25) is 5.91 Å². The van der Waals surface area contributed by atoms with E-state index < -0.39 is 22.9 Å². The molecule has 3 aromatic heterocycles. The van der Waals surface area contributed by atoms with Crippen LogP contribution in [0.4, 0.5) is 0 Å². The van der Waals surface area contributed by atoms with Crippen LogP contribution in [-0.2, 0) is 26.4 Å². The molecule has 1 amide bonds. The van der Waals surface area contributed by atoms with Crippen LogP contribution in [0.25, 0.3) is 15.2 Å². The number of fused-ring (bicyclic) bond motifs is 1. The average molecular weight is 637 g/mol. The quantitative estimate of drug-likeness (QED) is 0.258. The number of ether oxygens (including phenoxy) is 3. The standard InChI is InChI=1S/C32H40N6O6S/c1-5-32(3,30(40)35-16-8-9-17-35)37-27(39)26-21(2)28(38-33-14-15-34-38)45-29(26)36(31(37)41)20-25(44-22-12-18-43-19-13-22)23-10-6-7-11-24(23)42-4/h6-7,10-11,14-15,22,25H,5,8-9,12-13,16-20H2,1-4H3/t25-,32?/m0/s1. The summed E-state index contributed by atoms with van der Waals surface area (Å²) in [6.07, 6.45) is 5.98. The number of aromatic nitrogens is 5. The van der Waals surface area contributed by atoms with E-state index in [0.717, 1.165) is 31.2 Å². The normalized spacial score (nSPS) is 17.9. The molecule has 0 N–H and O–H groups in total. The second-order valence-electron chi connectivity index (χ2n) is 11.9. The highest BCUT2D eigenvalue weighted by molar-refractivity contribution is 7.21. The number of likely N-dealkylation sites (tertiary alicyclic amines) is 1. The smallest absolute Gasteiger partial charge is 0.333 e. The van der Waals surface area contributed by atoms with E-state index in [4.69, 9.17) is 14.2 Å². The number of hydrogen-bond donors (Lipinski definition) is 0. The molecule has 0 bridgehead atoms.